The fraction of sp³-hybridized carbons (Fsp3) is 0.462. The summed E-state index contributed by atoms with van der Waals surface area (Å²) in [6, 6.07) is 4.57. The first-order valence-electron chi connectivity index (χ1n) is 6.23. The highest BCUT2D eigenvalue weighted by molar-refractivity contribution is 5.74. The number of hydrazine groups is 1. The fourth-order valence-corrected chi connectivity index (χ4v) is 1.57. The van der Waals surface area contributed by atoms with E-state index >= 15 is 0 Å². The topological polar surface area (TPSA) is 64.3 Å². The number of hydrogen-bond donors (Lipinski definition) is 2. The van der Waals surface area contributed by atoms with Crippen molar-refractivity contribution < 1.29 is 22.7 Å². The van der Waals surface area contributed by atoms with Crippen molar-refractivity contribution in [2.45, 2.75) is 31.9 Å². The van der Waals surface area contributed by atoms with E-state index in [9.17, 15) is 18.0 Å². The van der Waals surface area contributed by atoms with E-state index in [0.29, 0.717) is 25.2 Å². The Morgan fingerprint density at radius 2 is 1.80 bits per heavy atom. The lowest BCUT2D eigenvalue weighted by Crippen LogP contribution is -2.29. The lowest BCUT2D eigenvalue weighted by Gasteiger charge is -2.09. The van der Waals surface area contributed by atoms with Crippen LogP contribution in [0.2, 0.25) is 0 Å². The van der Waals surface area contributed by atoms with E-state index in [0.717, 1.165) is 25.0 Å². The first-order valence-corrected chi connectivity index (χ1v) is 6.23. The Bertz CT molecular complexity index is 419. The third kappa shape index (κ3) is 5.92. The van der Waals surface area contributed by atoms with E-state index < -0.39 is 11.7 Å². The van der Waals surface area contributed by atoms with Crippen molar-refractivity contribution in [1.82, 2.24) is 5.43 Å². The van der Waals surface area contributed by atoms with Crippen molar-refractivity contribution in [3.05, 3.63) is 29.8 Å². The summed E-state index contributed by atoms with van der Waals surface area (Å²) in [6.45, 7) is 0.398. The summed E-state index contributed by atoms with van der Waals surface area (Å²) in [5.74, 6) is 5.11. The maximum Gasteiger partial charge on any atom is 0.416 e. The summed E-state index contributed by atoms with van der Waals surface area (Å²) in [5.41, 5.74) is 1.34. The fourth-order valence-electron chi connectivity index (χ4n) is 1.57. The molecule has 0 bridgehead atoms. The molecule has 0 aromatic heterocycles. The van der Waals surface area contributed by atoms with Crippen LogP contribution in [-0.2, 0) is 11.0 Å². The quantitative estimate of drug-likeness (QED) is 0.351. The third-order valence-electron chi connectivity index (χ3n) is 2.66. The minimum Gasteiger partial charge on any atom is -0.494 e. The number of nitrogens with two attached hydrogens (primary N) is 1. The molecular formula is C13H17F3N2O2. The molecular weight excluding hydrogens is 273 g/mol. The molecule has 0 unspecified atom stereocenters. The molecule has 1 amide bonds. The molecule has 112 valence electrons. The number of hydrogen-bond acceptors (Lipinski definition) is 3. The van der Waals surface area contributed by atoms with Crippen LogP contribution in [0, 0.1) is 0 Å². The van der Waals surface area contributed by atoms with Gasteiger partial charge in [0, 0.05) is 6.42 Å². The molecule has 0 saturated heterocycles. The van der Waals surface area contributed by atoms with E-state index in [2.05, 4.69) is 0 Å². The van der Waals surface area contributed by atoms with E-state index in [-0.39, 0.29) is 5.91 Å². The van der Waals surface area contributed by atoms with Crippen LogP contribution < -0.4 is 16.0 Å². The average molecular weight is 290 g/mol. The number of rotatable bonds is 7. The number of carbonyl (C=O) groups excluding carboxylic acids is 1. The van der Waals surface area contributed by atoms with Crippen molar-refractivity contribution in [3.8, 4) is 5.75 Å². The highest BCUT2D eigenvalue weighted by Crippen LogP contribution is 2.30. The minimum atomic E-state index is -4.33. The second-order valence-electron chi connectivity index (χ2n) is 4.25. The van der Waals surface area contributed by atoms with Crippen molar-refractivity contribution in [1.29, 1.82) is 0 Å². The van der Waals surface area contributed by atoms with Gasteiger partial charge in [0.15, 0.2) is 0 Å². The standard InChI is InChI=1S/C13H17F3N2O2/c14-13(15,16)10-5-7-11(8-6-10)20-9-3-1-2-4-12(19)18-17/h5-8H,1-4,9,17H2,(H,18,19). The molecule has 4 nitrogen and oxygen atoms in total. The molecule has 7 heteroatoms. The highest BCUT2D eigenvalue weighted by atomic mass is 19.4. The van der Waals surface area contributed by atoms with Crippen molar-refractivity contribution in [3.63, 3.8) is 0 Å². The van der Waals surface area contributed by atoms with Crippen molar-refractivity contribution >= 4 is 5.91 Å². The molecule has 3 N–H and O–H groups in total. The number of carbonyl (C=O) groups is 1. The largest absolute Gasteiger partial charge is 0.494 e. The van der Waals surface area contributed by atoms with Gasteiger partial charge >= 0.3 is 6.18 Å². The van der Waals surface area contributed by atoms with Gasteiger partial charge in [-0.15, -0.1) is 0 Å². The van der Waals surface area contributed by atoms with Gasteiger partial charge in [-0.25, -0.2) is 5.84 Å². The summed E-state index contributed by atoms with van der Waals surface area (Å²) < 4.78 is 42.3. The molecule has 1 aromatic rings. The second kappa shape index (κ2) is 7.74. The summed E-state index contributed by atoms with van der Waals surface area (Å²) in [4.78, 5) is 10.8. The molecule has 0 atom stereocenters. The van der Waals surface area contributed by atoms with E-state index in [1.165, 1.54) is 12.1 Å². The predicted octanol–water partition coefficient (Wildman–Crippen LogP) is 2.63. The van der Waals surface area contributed by atoms with Crippen LogP contribution in [0.4, 0.5) is 13.2 Å². The average Bonchev–Trinajstić information content (AvgIpc) is 2.41. The maximum atomic E-state index is 12.3. The second-order valence-corrected chi connectivity index (χ2v) is 4.25. The number of ether oxygens (including phenoxy) is 1. The zero-order chi connectivity index (χ0) is 15.0. The van der Waals surface area contributed by atoms with Crippen molar-refractivity contribution in [2.24, 2.45) is 5.84 Å². The van der Waals surface area contributed by atoms with Crippen molar-refractivity contribution in [2.75, 3.05) is 6.61 Å². The van der Waals surface area contributed by atoms with Crippen LogP contribution in [0.15, 0.2) is 24.3 Å². The molecule has 0 radical (unpaired) electrons. The molecule has 0 heterocycles. The molecule has 1 rings (SSSR count). The van der Waals surface area contributed by atoms with Crippen LogP contribution in [0.5, 0.6) is 5.75 Å². The van der Waals surface area contributed by atoms with Crippen LogP contribution in [-0.4, -0.2) is 12.5 Å². The number of nitrogens with one attached hydrogen (secondary N) is 1. The van der Waals surface area contributed by atoms with E-state index in [4.69, 9.17) is 10.6 Å². The first kappa shape index (κ1) is 16.3. The Morgan fingerprint density at radius 3 is 2.35 bits per heavy atom. The summed E-state index contributed by atoms with van der Waals surface area (Å²) >= 11 is 0. The molecule has 0 aliphatic heterocycles. The van der Waals surface area contributed by atoms with Gasteiger partial charge in [0.1, 0.15) is 5.75 Å². The van der Waals surface area contributed by atoms with Gasteiger partial charge in [-0.1, -0.05) is 0 Å². The normalized spacial score (nSPS) is 11.2. The van der Waals surface area contributed by atoms with Gasteiger partial charge in [-0.05, 0) is 43.5 Å². The van der Waals surface area contributed by atoms with Crippen LogP contribution in [0.1, 0.15) is 31.2 Å². The summed E-state index contributed by atoms with van der Waals surface area (Å²) in [5, 5.41) is 0. The van der Waals surface area contributed by atoms with Gasteiger partial charge in [-0.3, -0.25) is 10.2 Å². The molecule has 20 heavy (non-hydrogen) atoms. The minimum absolute atomic E-state index is 0.214. The summed E-state index contributed by atoms with van der Waals surface area (Å²) in [7, 11) is 0. The lowest BCUT2D eigenvalue weighted by atomic mass is 10.2. The van der Waals surface area contributed by atoms with Gasteiger partial charge in [0.2, 0.25) is 5.91 Å². The molecule has 0 aliphatic rings. The number of alkyl halides is 3. The Hall–Kier alpha value is -1.76. The lowest BCUT2D eigenvalue weighted by molar-refractivity contribution is -0.137. The predicted molar refractivity (Wildman–Crippen MR) is 67.7 cm³/mol. The number of halogens is 3. The molecule has 0 spiro atoms. The summed E-state index contributed by atoms with van der Waals surface area (Å²) in [6.07, 6.45) is -1.77. The Kier molecular flexibility index (Phi) is 6.30. The SMILES string of the molecule is NNC(=O)CCCCCOc1ccc(C(F)(F)F)cc1. The highest BCUT2D eigenvalue weighted by Gasteiger charge is 2.29. The van der Waals surface area contributed by atoms with Gasteiger partial charge < -0.3 is 4.74 Å². The first-order chi connectivity index (χ1) is 9.43. The number of unbranched alkanes of at least 4 members (excludes halogenated alkanes) is 2. The Morgan fingerprint density at radius 1 is 1.15 bits per heavy atom. The Balaban J connectivity index is 2.21. The van der Waals surface area contributed by atoms with Gasteiger partial charge in [0.25, 0.3) is 0 Å². The van der Waals surface area contributed by atoms with Crippen LogP contribution >= 0.6 is 0 Å². The maximum absolute atomic E-state index is 12.3. The molecule has 0 fully saturated rings. The number of amides is 1. The molecule has 0 aliphatic carbocycles. The van der Waals surface area contributed by atoms with Gasteiger partial charge in [-0.2, -0.15) is 13.2 Å². The molecule has 1 aromatic carbocycles. The zero-order valence-electron chi connectivity index (χ0n) is 10.9. The monoisotopic (exact) mass is 290 g/mol. The molecule has 0 saturated carbocycles. The van der Waals surface area contributed by atoms with Crippen LogP contribution in [0.3, 0.4) is 0 Å². The van der Waals surface area contributed by atoms with Crippen LogP contribution in [0.25, 0.3) is 0 Å². The van der Waals surface area contributed by atoms with Gasteiger partial charge in [0.05, 0.1) is 12.2 Å². The smallest absolute Gasteiger partial charge is 0.416 e. The number of benzene rings is 1. The zero-order valence-corrected chi connectivity index (χ0v) is 10.9. The Labute approximate surface area is 115 Å². The third-order valence-corrected chi connectivity index (χ3v) is 2.66. The van der Waals surface area contributed by atoms with E-state index in [1.54, 1.807) is 0 Å². The van der Waals surface area contributed by atoms with E-state index in [1.807, 2.05) is 5.43 Å².